The third kappa shape index (κ3) is 2.77. The normalized spacial score (nSPS) is 16.8. The SMILES string of the molecule is Nc1cc(N)nc(SCC2Cc3cc(F)ccc3O2)n1. The van der Waals surface area contributed by atoms with Crippen molar-refractivity contribution in [3.8, 4) is 5.75 Å². The minimum Gasteiger partial charge on any atom is -0.489 e. The fourth-order valence-electron chi connectivity index (χ4n) is 2.08. The number of nitrogens with zero attached hydrogens (tertiary/aromatic N) is 2. The van der Waals surface area contributed by atoms with Crippen LogP contribution >= 0.6 is 11.8 Å². The van der Waals surface area contributed by atoms with E-state index in [1.807, 2.05) is 0 Å². The van der Waals surface area contributed by atoms with Crippen LogP contribution in [0.1, 0.15) is 5.56 Å². The highest BCUT2D eigenvalue weighted by Gasteiger charge is 2.23. The Morgan fingerprint density at radius 1 is 1.25 bits per heavy atom. The van der Waals surface area contributed by atoms with Crippen LogP contribution in [0, 0.1) is 5.82 Å². The van der Waals surface area contributed by atoms with Gasteiger partial charge in [-0.05, 0) is 18.2 Å². The van der Waals surface area contributed by atoms with E-state index in [9.17, 15) is 4.39 Å². The number of rotatable bonds is 3. The minimum atomic E-state index is -0.243. The van der Waals surface area contributed by atoms with E-state index in [1.54, 1.807) is 6.07 Å². The van der Waals surface area contributed by atoms with Gasteiger partial charge in [-0.3, -0.25) is 0 Å². The molecule has 4 N–H and O–H groups in total. The van der Waals surface area contributed by atoms with Gasteiger partial charge in [0.1, 0.15) is 29.3 Å². The Labute approximate surface area is 119 Å². The number of aromatic nitrogens is 2. The number of benzene rings is 1. The summed E-state index contributed by atoms with van der Waals surface area (Å²) >= 11 is 1.42. The molecule has 104 valence electrons. The van der Waals surface area contributed by atoms with Gasteiger partial charge in [-0.15, -0.1) is 0 Å². The molecule has 2 aromatic rings. The maximum absolute atomic E-state index is 13.1. The fourth-order valence-corrected chi connectivity index (χ4v) is 2.94. The number of hydrogen-bond acceptors (Lipinski definition) is 6. The van der Waals surface area contributed by atoms with E-state index in [0.29, 0.717) is 29.0 Å². The van der Waals surface area contributed by atoms with E-state index >= 15 is 0 Å². The van der Waals surface area contributed by atoms with E-state index in [4.69, 9.17) is 16.2 Å². The number of nitrogens with two attached hydrogens (primary N) is 2. The quantitative estimate of drug-likeness (QED) is 0.663. The summed E-state index contributed by atoms with van der Waals surface area (Å²) in [5.74, 6) is 1.84. The number of halogens is 1. The van der Waals surface area contributed by atoms with Crippen molar-refractivity contribution < 1.29 is 9.13 Å². The van der Waals surface area contributed by atoms with Crippen molar-refractivity contribution in [3.05, 3.63) is 35.6 Å². The number of hydrogen-bond donors (Lipinski definition) is 2. The Balaban J connectivity index is 1.63. The third-order valence-electron chi connectivity index (χ3n) is 2.91. The number of ether oxygens (including phenoxy) is 1. The molecule has 0 bridgehead atoms. The topological polar surface area (TPSA) is 87.1 Å². The summed E-state index contributed by atoms with van der Waals surface area (Å²) in [6.07, 6.45) is 0.654. The average molecular weight is 292 g/mol. The molecule has 0 saturated carbocycles. The lowest BCUT2D eigenvalue weighted by Gasteiger charge is -2.09. The van der Waals surface area contributed by atoms with Gasteiger partial charge in [0, 0.05) is 23.8 Å². The molecule has 7 heteroatoms. The zero-order chi connectivity index (χ0) is 14.1. The lowest BCUT2D eigenvalue weighted by atomic mass is 10.1. The predicted octanol–water partition coefficient (Wildman–Crippen LogP) is 1.88. The zero-order valence-electron chi connectivity index (χ0n) is 10.5. The van der Waals surface area contributed by atoms with Crippen molar-refractivity contribution in [2.75, 3.05) is 17.2 Å². The number of fused-ring (bicyclic) bond motifs is 1. The standard InChI is InChI=1S/C13H13FN4OS/c14-8-1-2-10-7(3-8)4-9(19-10)6-20-13-17-11(15)5-12(16)18-13/h1-3,5,9H,4,6H2,(H4,15,16,17,18). The number of nitrogen functional groups attached to an aromatic ring is 2. The first-order chi connectivity index (χ1) is 9.60. The van der Waals surface area contributed by atoms with Gasteiger partial charge in [-0.25, -0.2) is 14.4 Å². The molecule has 0 radical (unpaired) electrons. The van der Waals surface area contributed by atoms with Gasteiger partial charge in [0.2, 0.25) is 0 Å². The molecule has 1 aliphatic heterocycles. The first kappa shape index (κ1) is 13.0. The zero-order valence-corrected chi connectivity index (χ0v) is 11.4. The van der Waals surface area contributed by atoms with Crippen molar-refractivity contribution >= 4 is 23.4 Å². The Morgan fingerprint density at radius 2 is 2.00 bits per heavy atom. The van der Waals surface area contributed by atoms with Crippen LogP contribution in [0.3, 0.4) is 0 Å². The van der Waals surface area contributed by atoms with E-state index in [1.165, 1.54) is 30.0 Å². The van der Waals surface area contributed by atoms with E-state index in [2.05, 4.69) is 9.97 Å². The summed E-state index contributed by atoms with van der Waals surface area (Å²) in [5, 5.41) is 0.522. The summed E-state index contributed by atoms with van der Waals surface area (Å²) in [4.78, 5) is 8.18. The predicted molar refractivity (Wildman–Crippen MR) is 76.1 cm³/mol. The lowest BCUT2D eigenvalue weighted by molar-refractivity contribution is 0.259. The van der Waals surface area contributed by atoms with Crippen LogP contribution in [0.5, 0.6) is 5.75 Å². The Hall–Kier alpha value is -2.02. The summed E-state index contributed by atoms with van der Waals surface area (Å²) in [7, 11) is 0. The largest absolute Gasteiger partial charge is 0.489 e. The van der Waals surface area contributed by atoms with Crippen LogP contribution < -0.4 is 16.2 Å². The van der Waals surface area contributed by atoms with E-state index in [-0.39, 0.29) is 11.9 Å². The molecule has 3 rings (SSSR count). The first-order valence-corrected chi connectivity index (χ1v) is 7.06. The highest BCUT2D eigenvalue weighted by molar-refractivity contribution is 7.99. The molecule has 1 unspecified atom stereocenters. The van der Waals surface area contributed by atoms with Crippen molar-refractivity contribution in [1.29, 1.82) is 0 Å². The van der Waals surface area contributed by atoms with Crippen molar-refractivity contribution in [1.82, 2.24) is 9.97 Å². The molecule has 1 atom stereocenters. The molecule has 1 aromatic carbocycles. The van der Waals surface area contributed by atoms with Crippen LogP contribution in [0.2, 0.25) is 0 Å². The molecular weight excluding hydrogens is 279 g/mol. The second-order valence-corrected chi connectivity index (χ2v) is 5.49. The van der Waals surface area contributed by atoms with Gasteiger partial charge >= 0.3 is 0 Å². The van der Waals surface area contributed by atoms with Crippen molar-refractivity contribution in [3.63, 3.8) is 0 Å². The molecule has 0 spiro atoms. The Bertz CT molecular complexity index is 632. The summed E-state index contributed by atoms with van der Waals surface area (Å²) in [5.41, 5.74) is 12.1. The Kier molecular flexibility index (Phi) is 3.35. The Morgan fingerprint density at radius 3 is 2.75 bits per heavy atom. The minimum absolute atomic E-state index is 0.0249. The second-order valence-electron chi connectivity index (χ2n) is 4.51. The fraction of sp³-hybridized carbons (Fsp3) is 0.231. The first-order valence-electron chi connectivity index (χ1n) is 6.08. The van der Waals surface area contributed by atoms with Crippen LogP contribution in [-0.4, -0.2) is 21.8 Å². The van der Waals surface area contributed by atoms with Crippen molar-refractivity contribution in [2.45, 2.75) is 17.7 Å². The lowest BCUT2D eigenvalue weighted by Crippen LogP contribution is -2.16. The van der Waals surface area contributed by atoms with Crippen molar-refractivity contribution in [2.24, 2.45) is 0 Å². The van der Waals surface area contributed by atoms with Crippen LogP contribution in [0.25, 0.3) is 0 Å². The van der Waals surface area contributed by atoms with Crippen LogP contribution in [0.4, 0.5) is 16.0 Å². The second kappa shape index (κ2) is 5.16. The summed E-state index contributed by atoms with van der Waals surface area (Å²) < 4.78 is 18.9. The maximum Gasteiger partial charge on any atom is 0.191 e. The number of anilines is 2. The van der Waals surface area contributed by atoms with Crippen LogP contribution in [0.15, 0.2) is 29.4 Å². The van der Waals surface area contributed by atoms with Gasteiger partial charge in [-0.2, -0.15) is 0 Å². The molecule has 1 aromatic heterocycles. The van der Waals surface area contributed by atoms with E-state index in [0.717, 1.165) is 11.3 Å². The molecule has 0 amide bonds. The summed E-state index contributed by atoms with van der Waals surface area (Å²) in [6.45, 7) is 0. The molecule has 2 heterocycles. The average Bonchev–Trinajstić information content (AvgIpc) is 2.77. The molecule has 0 saturated heterocycles. The van der Waals surface area contributed by atoms with Gasteiger partial charge in [-0.1, -0.05) is 11.8 Å². The van der Waals surface area contributed by atoms with Crippen LogP contribution in [-0.2, 0) is 6.42 Å². The van der Waals surface area contributed by atoms with Gasteiger partial charge in [0.15, 0.2) is 5.16 Å². The van der Waals surface area contributed by atoms with Gasteiger partial charge in [0.25, 0.3) is 0 Å². The smallest absolute Gasteiger partial charge is 0.191 e. The highest BCUT2D eigenvalue weighted by Crippen LogP contribution is 2.31. The maximum atomic E-state index is 13.1. The molecule has 20 heavy (non-hydrogen) atoms. The molecular formula is C13H13FN4OS. The molecule has 0 aliphatic carbocycles. The van der Waals surface area contributed by atoms with Gasteiger partial charge < -0.3 is 16.2 Å². The highest BCUT2D eigenvalue weighted by atomic mass is 32.2. The number of thioether (sulfide) groups is 1. The molecule has 1 aliphatic rings. The monoisotopic (exact) mass is 292 g/mol. The third-order valence-corrected chi connectivity index (χ3v) is 3.89. The van der Waals surface area contributed by atoms with Gasteiger partial charge in [0.05, 0.1) is 0 Å². The molecule has 5 nitrogen and oxygen atoms in total. The van der Waals surface area contributed by atoms with E-state index < -0.39 is 0 Å². The summed E-state index contributed by atoms with van der Waals surface area (Å²) in [6, 6.07) is 6.07. The molecule has 0 fully saturated rings.